The van der Waals surface area contributed by atoms with Crippen molar-refractivity contribution in [3.8, 4) is 0 Å². The van der Waals surface area contributed by atoms with E-state index < -0.39 is 5.97 Å². The lowest BCUT2D eigenvalue weighted by molar-refractivity contribution is -0.255. The van der Waals surface area contributed by atoms with E-state index in [1.165, 1.54) is 18.5 Å². The number of carboxylic acids is 1. The van der Waals surface area contributed by atoms with Crippen LogP contribution in [-0.4, -0.2) is 20.9 Å². The number of carbonyl (C=O) groups is 1. The van der Waals surface area contributed by atoms with Gasteiger partial charge in [-0.15, -0.1) is 0 Å². The second-order valence-electron chi connectivity index (χ2n) is 4.46. The minimum Gasteiger partial charge on any atom is -0.545 e. The van der Waals surface area contributed by atoms with Gasteiger partial charge in [0.1, 0.15) is 12.1 Å². The molecule has 21 heavy (non-hydrogen) atoms. The van der Waals surface area contributed by atoms with E-state index in [9.17, 15) is 9.90 Å². The molecule has 0 atom stereocenters. The van der Waals surface area contributed by atoms with Crippen LogP contribution in [0.5, 0.6) is 0 Å². The van der Waals surface area contributed by atoms with Crippen molar-refractivity contribution in [2.75, 3.05) is 5.32 Å². The zero-order chi connectivity index (χ0) is 14.7. The number of carboxylic acid groups (broad SMARTS) is 1. The maximum Gasteiger partial charge on any atom is 0.137 e. The lowest BCUT2D eigenvalue weighted by Gasteiger charge is -2.09. The van der Waals surface area contributed by atoms with Crippen molar-refractivity contribution >= 4 is 22.7 Å². The summed E-state index contributed by atoms with van der Waals surface area (Å²) in [6.45, 7) is 0.572. The van der Waals surface area contributed by atoms with Gasteiger partial charge in [-0.2, -0.15) is 0 Å². The highest BCUT2D eigenvalue weighted by molar-refractivity contribution is 5.95. The Balaban J connectivity index is 1.90. The SMILES string of the molecule is O=C([O-])c1ccc2c(NCc3cccnc3)ncnc2c1. The molecule has 0 bridgehead atoms. The highest BCUT2D eigenvalue weighted by atomic mass is 16.4. The molecular weight excluding hydrogens is 268 g/mol. The molecule has 0 saturated heterocycles. The maximum absolute atomic E-state index is 10.9. The summed E-state index contributed by atoms with van der Waals surface area (Å²) in [5.41, 5.74) is 1.68. The number of nitrogens with zero attached hydrogens (tertiary/aromatic N) is 3. The average molecular weight is 279 g/mol. The predicted octanol–water partition coefficient (Wildman–Crippen LogP) is 1.00. The third-order valence-electron chi connectivity index (χ3n) is 3.05. The fourth-order valence-corrected chi connectivity index (χ4v) is 2.01. The minimum atomic E-state index is -1.22. The molecule has 0 radical (unpaired) electrons. The number of carbonyl (C=O) groups excluding carboxylic acids is 1. The molecular formula is C15H11N4O2-. The largest absolute Gasteiger partial charge is 0.545 e. The van der Waals surface area contributed by atoms with E-state index in [4.69, 9.17) is 0 Å². The summed E-state index contributed by atoms with van der Waals surface area (Å²) < 4.78 is 0. The first-order chi connectivity index (χ1) is 10.2. The lowest BCUT2D eigenvalue weighted by Crippen LogP contribution is -2.22. The van der Waals surface area contributed by atoms with Gasteiger partial charge in [-0.25, -0.2) is 9.97 Å². The number of rotatable bonds is 4. The second kappa shape index (κ2) is 5.54. The number of aromatic nitrogens is 3. The quantitative estimate of drug-likeness (QED) is 0.766. The van der Waals surface area contributed by atoms with Crippen molar-refractivity contribution in [1.29, 1.82) is 0 Å². The number of fused-ring (bicyclic) bond motifs is 1. The van der Waals surface area contributed by atoms with Crippen LogP contribution >= 0.6 is 0 Å². The Labute approximate surface area is 120 Å². The number of hydrogen-bond donors (Lipinski definition) is 1. The first kappa shape index (κ1) is 13.0. The summed E-state index contributed by atoms with van der Waals surface area (Å²) in [5, 5.41) is 14.8. The summed E-state index contributed by atoms with van der Waals surface area (Å²) in [7, 11) is 0. The third kappa shape index (κ3) is 2.79. The van der Waals surface area contributed by atoms with Crippen molar-refractivity contribution in [1.82, 2.24) is 15.0 Å². The van der Waals surface area contributed by atoms with E-state index >= 15 is 0 Å². The Morgan fingerprint density at radius 2 is 2.14 bits per heavy atom. The maximum atomic E-state index is 10.9. The number of anilines is 1. The topological polar surface area (TPSA) is 90.8 Å². The zero-order valence-corrected chi connectivity index (χ0v) is 11.0. The van der Waals surface area contributed by atoms with Crippen LogP contribution in [0, 0.1) is 0 Å². The third-order valence-corrected chi connectivity index (χ3v) is 3.05. The van der Waals surface area contributed by atoms with Crippen LogP contribution in [0.25, 0.3) is 10.9 Å². The first-order valence-electron chi connectivity index (χ1n) is 6.33. The number of hydrogen-bond acceptors (Lipinski definition) is 6. The summed E-state index contributed by atoms with van der Waals surface area (Å²) in [6, 6.07) is 8.45. The van der Waals surface area contributed by atoms with E-state index in [2.05, 4.69) is 20.3 Å². The standard InChI is InChI=1S/C15H12N4O2/c20-15(21)11-3-4-12-13(6-11)18-9-19-14(12)17-8-10-2-1-5-16-7-10/h1-7,9H,8H2,(H,20,21)(H,17,18,19)/p-1. The van der Waals surface area contributed by atoms with Gasteiger partial charge < -0.3 is 15.2 Å². The molecule has 0 saturated carbocycles. The molecule has 2 aromatic heterocycles. The van der Waals surface area contributed by atoms with Crippen molar-refractivity contribution in [2.24, 2.45) is 0 Å². The minimum absolute atomic E-state index is 0.0967. The molecule has 2 heterocycles. The van der Waals surface area contributed by atoms with Gasteiger partial charge in [0.2, 0.25) is 0 Å². The van der Waals surface area contributed by atoms with Crippen LogP contribution in [0.3, 0.4) is 0 Å². The lowest BCUT2D eigenvalue weighted by atomic mass is 10.1. The number of benzene rings is 1. The average Bonchev–Trinajstić information content (AvgIpc) is 2.53. The van der Waals surface area contributed by atoms with Crippen molar-refractivity contribution in [3.05, 3.63) is 60.2 Å². The molecule has 0 spiro atoms. The normalized spacial score (nSPS) is 10.5. The molecule has 104 valence electrons. The summed E-state index contributed by atoms with van der Waals surface area (Å²) in [4.78, 5) is 23.2. The van der Waals surface area contributed by atoms with E-state index in [1.807, 2.05) is 12.1 Å². The Hall–Kier alpha value is -3.02. The summed E-state index contributed by atoms with van der Waals surface area (Å²) in [6.07, 6.45) is 4.88. The highest BCUT2D eigenvalue weighted by Gasteiger charge is 2.05. The van der Waals surface area contributed by atoms with E-state index in [-0.39, 0.29) is 5.56 Å². The van der Waals surface area contributed by atoms with Crippen LogP contribution in [0.15, 0.2) is 49.1 Å². The van der Waals surface area contributed by atoms with Crippen LogP contribution in [0.1, 0.15) is 15.9 Å². The molecule has 0 aliphatic heterocycles. The summed E-state index contributed by atoms with van der Waals surface area (Å²) in [5.74, 6) is -0.575. The van der Waals surface area contributed by atoms with Gasteiger partial charge in [0.05, 0.1) is 11.5 Å². The second-order valence-corrected chi connectivity index (χ2v) is 4.46. The highest BCUT2D eigenvalue weighted by Crippen LogP contribution is 2.20. The molecule has 0 amide bonds. The van der Waals surface area contributed by atoms with Crippen molar-refractivity contribution < 1.29 is 9.90 Å². The molecule has 0 aliphatic carbocycles. The molecule has 3 aromatic rings. The smallest absolute Gasteiger partial charge is 0.137 e. The Morgan fingerprint density at radius 1 is 1.24 bits per heavy atom. The fraction of sp³-hybridized carbons (Fsp3) is 0.0667. The first-order valence-corrected chi connectivity index (χ1v) is 6.33. The molecule has 6 nitrogen and oxygen atoms in total. The molecule has 1 N–H and O–H groups in total. The van der Waals surface area contributed by atoms with E-state index in [0.717, 1.165) is 10.9 Å². The van der Waals surface area contributed by atoms with Gasteiger partial charge in [0, 0.05) is 24.3 Å². The van der Waals surface area contributed by atoms with Crippen molar-refractivity contribution in [3.63, 3.8) is 0 Å². The number of aromatic carboxylic acids is 1. The fourth-order valence-electron chi connectivity index (χ4n) is 2.01. The van der Waals surface area contributed by atoms with Crippen LogP contribution < -0.4 is 10.4 Å². The predicted molar refractivity (Wildman–Crippen MR) is 75.4 cm³/mol. The molecule has 0 unspecified atom stereocenters. The van der Waals surface area contributed by atoms with E-state index in [1.54, 1.807) is 18.5 Å². The van der Waals surface area contributed by atoms with Crippen LogP contribution in [0.2, 0.25) is 0 Å². The summed E-state index contributed by atoms with van der Waals surface area (Å²) >= 11 is 0. The van der Waals surface area contributed by atoms with E-state index in [0.29, 0.717) is 17.9 Å². The number of nitrogens with one attached hydrogen (secondary N) is 1. The van der Waals surface area contributed by atoms with Gasteiger partial charge in [0.25, 0.3) is 0 Å². The van der Waals surface area contributed by atoms with Gasteiger partial charge >= 0.3 is 0 Å². The van der Waals surface area contributed by atoms with Gasteiger partial charge in [0.15, 0.2) is 0 Å². The molecule has 6 heteroatoms. The van der Waals surface area contributed by atoms with Gasteiger partial charge in [-0.1, -0.05) is 12.1 Å². The zero-order valence-electron chi connectivity index (χ0n) is 11.0. The Bertz CT molecular complexity index is 790. The van der Waals surface area contributed by atoms with Crippen LogP contribution in [0.4, 0.5) is 5.82 Å². The molecule has 0 fully saturated rings. The molecule has 1 aromatic carbocycles. The van der Waals surface area contributed by atoms with Crippen molar-refractivity contribution in [2.45, 2.75) is 6.54 Å². The van der Waals surface area contributed by atoms with Gasteiger partial charge in [-0.3, -0.25) is 4.98 Å². The Morgan fingerprint density at radius 3 is 2.90 bits per heavy atom. The van der Waals surface area contributed by atoms with Gasteiger partial charge in [-0.05, 0) is 29.3 Å². The monoisotopic (exact) mass is 279 g/mol. The Kier molecular flexibility index (Phi) is 3.42. The molecule has 3 rings (SSSR count). The number of pyridine rings is 1. The molecule has 0 aliphatic rings. The van der Waals surface area contributed by atoms with Crippen LogP contribution in [-0.2, 0) is 6.54 Å².